The van der Waals surface area contributed by atoms with Crippen LogP contribution >= 0.6 is 11.6 Å². The highest BCUT2D eigenvalue weighted by molar-refractivity contribution is 6.62. The predicted molar refractivity (Wildman–Crippen MR) is 294 cm³/mol. The summed E-state index contributed by atoms with van der Waals surface area (Å²) in [6.07, 6.45) is 0. The lowest BCUT2D eigenvalue weighted by Crippen LogP contribution is -2.41. The molecule has 11 rings (SSSR count). The fourth-order valence-corrected chi connectivity index (χ4v) is 8.16. The normalized spacial score (nSPS) is 13.3. The minimum absolute atomic E-state index is 0.0642. The van der Waals surface area contributed by atoms with Crippen LogP contribution in [0.3, 0.4) is 0 Å². The molecule has 8 nitrogen and oxygen atoms in total. The SMILES string of the molecule is Cc1ccc(F)c(-c2ccc(-c3nc(-c4ccccc4)nc(-c4ccccc4)n3)cc2F)c1.Cc1ccc(F)c(B2OC(C)(C)C(C)(C)O2)c1.Fc1cc(-c2nc(-c3ccccc3)nc(-c3ccccc3)n2)ccc1Cl. The van der Waals surface area contributed by atoms with Crippen molar-refractivity contribution in [1.82, 2.24) is 29.9 Å². The number of aryl methyl sites for hydroxylation is 2. The first kappa shape index (κ1) is 52.6. The van der Waals surface area contributed by atoms with Gasteiger partial charge in [0.25, 0.3) is 0 Å². The van der Waals surface area contributed by atoms with Crippen LogP contribution in [0.15, 0.2) is 194 Å². The Bertz CT molecular complexity index is 3520. The Morgan fingerprint density at radius 2 is 0.711 bits per heavy atom. The summed E-state index contributed by atoms with van der Waals surface area (Å²) in [4.78, 5) is 27.5. The minimum atomic E-state index is -0.625. The molecule has 0 atom stereocenters. The van der Waals surface area contributed by atoms with E-state index in [1.807, 2.05) is 163 Å². The van der Waals surface area contributed by atoms with Crippen LogP contribution in [-0.2, 0) is 9.31 Å². The topological polar surface area (TPSA) is 95.8 Å². The Balaban J connectivity index is 0.000000147. The quantitative estimate of drug-likeness (QED) is 0.110. The summed E-state index contributed by atoms with van der Waals surface area (Å²) in [7, 11) is -0.625. The molecule has 3 heterocycles. The molecule has 2 aromatic heterocycles. The van der Waals surface area contributed by atoms with Crippen LogP contribution in [0, 0.1) is 37.1 Å². The lowest BCUT2D eigenvalue weighted by Gasteiger charge is -2.32. The van der Waals surface area contributed by atoms with Crippen molar-refractivity contribution < 1.29 is 26.9 Å². The lowest BCUT2D eigenvalue weighted by molar-refractivity contribution is 0.00578. The molecule has 1 saturated heterocycles. The van der Waals surface area contributed by atoms with E-state index < -0.39 is 35.8 Å². The zero-order valence-electron chi connectivity index (χ0n) is 42.4. The number of nitrogens with zero attached hydrogens (tertiary/aromatic N) is 6. The Hall–Kier alpha value is -8.23. The molecule has 0 spiro atoms. The average molecular weight is 1030 g/mol. The Morgan fingerprint density at radius 3 is 1.11 bits per heavy atom. The molecule has 0 saturated carbocycles. The fourth-order valence-electron chi connectivity index (χ4n) is 8.04. The number of aromatic nitrogens is 6. The van der Waals surface area contributed by atoms with Gasteiger partial charge in [0.1, 0.15) is 23.3 Å². The highest BCUT2D eigenvalue weighted by Crippen LogP contribution is 2.37. The summed E-state index contributed by atoms with van der Waals surface area (Å²) in [5.74, 6) is 0.995. The van der Waals surface area contributed by atoms with E-state index in [9.17, 15) is 13.2 Å². The third-order valence-corrected chi connectivity index (χ3v) is 13.2. The molecule has 0 bridgehead atoms. The second-order valence-electron chi connectivity index (χ2n) is 19.0. The maximum Gasteiger partial charge on any atom is 0.497 e. The molecular weight excluding hydrogens is 983 g/mol. The summed E-state index contributed by atoms with van der Waals surface area (Å²) >= 11 is 5.79. The predicted octanol–water partition coefficient (Wildman–Crippen LogP) is 15.2. The third-order valence-electron chi connectivity index (χ3n) is 12.9. The molecule has 1 aliphatic rings. The average Bonchev–Trinajstić information content (AvgIpc) is 3.67. The molecule has 1 fully saturated rings. The van der Waals surface area contributed by atoms with Crippen LogP contribution < -0.4 is 5.46 Å². The molecule has 0 aliphatic carbocycles. The molecule has 378 valence electrons. The van der Waals surface area contributed by atoms with Crippen LogP contribution in [-0.4, -0.2) is 48.2 Å². The Morgan fingerprint density at radius 1 is 0.355 bits per heavy atom. The van der Waals surface area contributed by atoms with Crippen LogP contribution in [0.1, 0.15) is 38.8 Å². The molecular formula is C62H50BClF4N6O2. The van der Waals surface area contributed by atoms with Gasteiger partial charge in [-0.05, 0) is 84.0 Å². The number of hydrogen-bond donors (Lipinski definition) is 0. The third kappa shape index (κ3) is 12.1. The zero-order valence-corrected chi connectivity index (χ0v) is 43.2. The van der Waals surface area contributed by atoms with E-state index in [1.54, 1.807) is 42.5 Å². The van der Waals surface area contributed by atoms with Gasteiger partial charge in [-0.3, -0.25) is 0 Å². The number of hydrogen-bond acceptors (Lipinski definition) is 8. The lowest BCUT2D eigenvalue weighted by atomic mass is 9.78. The van der Waals surface area contributed by atoms with E-state index in [4.69, 9.17) is 20.9 Å². The number of rotatable bonds is 8. The molecule has 0 N–H and O–H groups in total. The van der Waals surface area contributed by atoms with E-state index in [2.05, 4.69) is 29.9 Å². The standard InChI is InChI=1S/C28H19F2N3.C21H13ClFN3.C13H18BFO2/c1-18-12-15-24(29)23(16-18)22-14-13-21(17-25(22)30)28-32-26(19-8-4-2-5-9-19)31-27(33-28)20-10-6-3-7-11-20;22-17-12-11-16(13-18(17)23)21-25-19(14-7-3-1-4-8-14)24-20(26-21)15-9-5-2-6-10-15;1-9-6-7-11(15)10(8-9)14-16-12(2,3)13(4,5)17-14/h2-17H,1H3;1-13H;6-8H,1-5H3. The number of benzene rings is 8. The van der Waals surface area contributed by atoms with E-state index in [0.717, 1.165) is 33.4 Å². The molecule has 10 aromatic rings. The monoisotopic (exact) mass is 1030 g/mol. The van der Waals surface area contributed by atoms with Gasteiger partial charge in [0.2, 0.25) is 0 Å². The smallest absolute Gasteiger partial charge is 0.399 e. The van der Waals surface area contributed by atoms with E-state index in [0.29, 0.717) is 51.5 Å². The molecule has 76 heavy (non-hydrogen) atoms. The molecule has 0 unspecified atom stereocenters. The van der Waals surface area contributed by atoms with Crippen LogP contribution in [0.4, 0.5) is 17.6 Å². The van der Waals surface area contributed by atoms with Gasteiger partial charge in [0.15, 0.2) is 34.9 Å². The van der Waals surface area contributed by atoms with Gasteiger partial charge >= 0.3 is 7.12 Å². The first-order valence-electron chi connectivity index (χ1n) is 24.4. The van der Waals surface area contributed by atoms with Crippen molar-refractivity contribution in [2.45, 2.75) is 52.7 Å². The molecule has 8 aromatic carbocycles. The first-order chi connectivity index (χ1) is 36.5. The summed E-state index contributed by atoms with van der Waals surface area (Å²) in [6, 6.07) is 57.1. The van der Waals surface area contributed by atoms with Crippen molar-refractivity contribution in [3.8, 4) is 79.5 Å². The second kappa shape index (κ2) is 22.7. The van der Waals surface area contributed by atoms with Crippen molar-refractivity contribution in [2.24, 2.45) is 0 Å². The van der Waals surface area contributed by atoms with Crippen molar-refractivity contribution in [1.29, 1.82) is 0 Å². The minimum Gasteiger partial charge on any atom is -0.399 e. The molecule has 0 amide bonds. The van der Waals surface area contributed by atoms with Gasteiger partial charge in [-0.25, -0.2) is 47.5 Å². The highest BCUT2D eigenvalue weighted by Gasteiger charge is 2.52. The highest BCUT2D eigenvalue weighted by atomic mass is 35.5. The van der Waals surface area contributed by atoms with Gasteiger partial charge in [-0.2, -0.15) is 0 Å². The summed E-state index contributed by atoms with van der Waals surface area (Å²) in [6.45, 7) is 11.6. The van der Waals surface area contributed by atoms with Crippen molar-refractivity contribution in [3.05, 3.63) is 234 Å². The van der Waals surface area contributed by atoms with Crippen molar-refractivity contribution >= 4 is 24.2 Å². The molecule has 1 aliphatic heterocycles. The summed E-state index contributed by atoms with van der Waals surface area (Å²) in [5.41, 5.74) is 6.30. The van der Waals surface area contributed by atoms with Crippen molar-refractivity contribution in [2.75, 3.05) is 0 Å². The van der Waals surface area contributed by atoms with Gasteiger partial charge in [0.05, 0.1) is 16.2 Å². The Labute approximate surface area is 444 Å². The maximum absolute atomic E-state index is 15.1. The zero-order chi connectivity index (χ0) is 53.6. The second-order valence-corrected chi connectivity index (χ2v) is 19.4. The van der Waals surface area contributed by atoms with Gasteiger partial charge < -0.3 is 9.31 Å². The van der Waals surface area contributed by atoms with E-state index in [-0.39, 0.29) is 22.0 Å². The van der Waals surface area contributed by atoms with E-state index in [1.165, 1.54) is 30.3 Å². The van der Waals surface area contributed by atoms with E-state index >= 15 is 4.39 Å². The number of halogens is 5. The molecule has 0 radical (unpaired) electrons. The van der Waals surface area contributed by atoms with Gasteiger partial charge in [-0.1, -0.05) is 174 Å². The van der Waals surface area contributed by atoms with Gasteiger partial charge in [0, 0.05) is 50.0 Å². The van der Waals surface area contributed by atoms with Gasteiger partial charge in [-0.15, -0.1) is 0 Å². The van der Waals surface area contributed by atoms with Crippen molar-refractivity contribution in [3.63, 3.8) is 0 Å². The Kier molecular flexibility index (Phi) is 15.7. The van der Waals surface area contributed by atoms with Crippen LogP contribution in [0.5, 0.6) is 0 Å². The summed E-state index contributed by atoms with van der Waals surface area (Å²) < 4.78 is 68.8. The largest absolute Gasteiger partial charge is 0.497 e. The summed E-state index contributed by atoms with van der Waals surface area (Å²) in [5, 5.41) is 0.0642. The van der Waals surface area contributed by atoms with Crippen LogP contribution in [0.2, 0.25) is 5.02 Å². The maximum atomic E-state index is 15.1. The molecule has 14 heteroatoms. The fraction of sp³-hybridized carbons (Fsp3) is 0.129. The first-order valence-corrected chi connectivity index (χ1v) is 24.8. The van der Waals surface area contributed by atoms with Crippen LogP contribution in [0.25, 0.3) is 79.5 Å².